The molecule has 1 aromatic rings. The maximum absolute atomic E-state index is 11.3. The number of hydrogen-bond acceptors (Lipinski definition) is 5. The second-order valence-electron chi connectivity index (χ2n) is 5.06. The predicted molar refractivity (Wildman–Crippen MR) is 81.2 cm³/mol. The lowest BCUT2D eigenvalue weighted by atomic mass is 10.0. The Morgan fingerprint density at radius 2 is 2.00 bits per heavy atom. The molecule has 0 radical (unpaired) electrons. The van der Waals surface area contributed by atoms with Crippen molar-refractivity contribution in [3.05, 3.63) is 28.3 Å². The van der Waals surface area contributed by atoms with Crippen LogP contribution in [0.2, 0.25) is 0 Å². The van der Waals surface area contributed by atoms with E-state index in [-0.39, 0.29) is 24.3 Å². The van der Waals surface area contributed by atoms with Crippen LogP contribution in [0, 0.1) is 16.0 Å². The topological polar surface area (TPSA) is 87.4 Å². The van der Waals surface area contributed by atoms with Gasteiger partial charge in [0.05, 0.1) is 17.6 Å². The molecule has 0 unspecified atom stereocenters. The quantitative estimate of drug-likeness (QED) is 0.504. The number of anilines is 2. The minimum atomic E-state index is -0.394. The monoisotopic (exact) mass is 281 g/mol. The third-order valence-electron chi connectivity index (χ3n) is 3.13. The minimum Gasteiger partial charge on any atom is -0.394 e. The molecule has 0 amide bonds. The highest BCUT2D eigenvalue weighted by Crippen LogP contribution is 2.33. The first-order valence-electron chi connectivity index (χ1n) is 6.89. The maximum Gasteiger partial charge on any atom is 0.315 e. The number of nitrogens with one attached hydrogen (secondary N) is 2. The van der Waals surface area contributed by atoms with Gasteiger partial charge in [0, 0.05) is 6.54 Å². The molecule has 6 nitrogen and oxygen atoms in total. The van der Waals surface area contributed by atoms with E-state index in [9.17, 15) is 15.2 Å². The number of nitrogens with zero attached hydrogens (tertiary/aromatic N) is 1. The van der Waals surface area contributed by atoms with Crippen molar-refractivity contribution in [2.45, 2.75) is 33.2 Å². The van der Waals surface area contributed by atoms with Gasteiger partial charge in [-0.3, -0.25) is 10.1 Å². The number of para-hydroxylation sites is 1. The normalized spacial score (nSPS) is 12.2. The number of rotatable bonds is 8. The Balaban J connectivity index is 3.08. The van der Waals surface area contributed by atoms with E-state index in [0.717, 1.165) is 6.42 Å². The standard InChI is InChI=1S/C14H23N3O3/c1-4-8-15-11-6-5-7-12(14(11)17(19)20)16-13(9-18)10(2)3/h5-7,10,13,15-16,18H,4,8-9H2,1-3H3/t13-/m1/s1. The molecule has 0 aliphatic carbocycles. The Morgan fingerprint density at radius 1 is 1.35 bits per heavy atom. The summed E-state index contributed by atoms with van der Waals surface area (Å²) in [4.78, 5) is 10.9. The predicted octanol–water partition coefficient (Wildman–Crippen LogP) is 2.85. The van der Waals surface area contributed by atoms with Gasteiger partial charge < -0.3 is 15.7 Å². The molecule has 0 saturated heterocycles. The van der Waals surface area contributed by atoms with Crippen LogP contribution in [-0.4, -0.2) is 29.2 Å². The van der Waals surface area contributed by atoms with E-state index in [2.05, 4.69) is 10.6 Å². The SMILES string of the molecule is CCCNc1cccc(N[C@H](CO)C(C)C)c1[N+](=O)[O-]. The summed E-state index contributed by atoms with van der Waals surface area (Å²) in [5.74, 6) is 0.173. The highest BCUT2D eigenvalue weighted by molar-refractivity contribution is 5.76. The zero-order chi connectivity index (χ0) is 15.1. The summed E-state index contributed by atoms with van der Waals surface area (Å²) in [5, 5.41) is 26.8. The van der Waals surface area contributed by atoms with Crippen molar-refractivity contribution >= 4 is 17.1 Å². The Labute approximate surface area is 119 Å². The number of aliphatic hydroxyl groups is 1. The Morgan fingerprint density at radius 3 is 2.50 bits per heavy atom. The first-order valence-corrected chi connectivity index (χ1v) is 6.89. The zero-order valence-corrected chi connectivity index (χ0v) is 12.2. The summed E-state index contributed by atoms with van der Waals surface area (Å²) < 4.78 is 0. The lowest BCUT2D eigenvalue weighted by Gasteiger charge is -2.21. The van der Waals surface area contributed by atoms with Crippen molar-refractivity contribution < 1.29 is 10.0 Å². The van der Waals surface area contributed by atoms with E-state index in [1.54, 1.807) is 18.2 Å². The molecular formula is C14H23N3O3. The first kappa shape index (κ1) is 16.2. The van der Waals surface area contributed by atoms with Crippen molar-refractivity contribution in [2.75, 3.05) is 23.8 Å². The van der Waals surface area contributed by atoms with Gasteiger partial charge in [0.25, 0.3) is 0 Å². The van der Waals surface area contributed by atoms with E-state index in [1.807, 2.05) is 20.8 Å². The summed E-state index contributed by atoms with van der Waals surface area (Å²) in [5.41, 5.74) is 0.964. The van der Waals surface area contributed by atoms with Crippen LogP contribution >= 0.6 is 0 Å². The van der Waals surface area contributed by atoms with Crippen molar-refractivity contribution in [1.82, 2.24) is 0 Å². The van der Waals surface area contributed by atoms with Gasteiger partial charge >= 0.3 is 5.69 Å². The Kier molecular flexibility index (Phi) is 6.24. The molecule has 1 aromatic carbocycles. The summed E-state index contributed by atoms with van der Waals surface area (Å²) in [7, 11) is 0. The van der Waals surface area contributed by atoms with E-state index < -0.39 is 4.92 Å². The molecule has 112 valence electrons. The molecule has 0 saturated carbocycles. The third-order valence-corrected chi connectivity index (χ3v) is 3.13. The number of benzene rings is 1. The fraction of sp³-hybridized carbons (Fsp3) is 0.571. The van der Waals surface area contributed by atoms with E-state index >= 15 is 0 Å². The molecule has 1 atom stereocenters. The highest BCUT2D eigenvalue weighted by atomic mass is 16.6. The highest BCUT2D eigenvalue weighted by Gasteiger charge is 2.22. The fourth-order valence-electron chi connectivity index (χ4n) is 1.88. The van der Waals surface area contributed by atoms with Crippen LogP contribution in [0.4, 0.5) is 17.1 Å². The summed E-state index contributed by atoms with van der Waals surface area (Å²) in [6.45, 7) is 6.53. The van der Waals surface area contributed by atoms with Crippen molar-refractivity contribution in [2.24, 2.45) is 5.92 Å². The van der Waals surface area contributed by atoms with Crippen LogP contribution in [0.15, 0.2) is 18.2 Å². The Bertz CT molecular complexity index is 449. The van der Waals surface area contributed by atoms with Crippen molar-refractivity contribution in [3.63, 3.8) is 0 Å². The average Bonchev–Trinajstić information content (AvgIpc) is 2.41. The van der Waals surface area contributed by atoms with E-state index in [1.165, 1.54) is 0 Å². The first-order chi connectivity index (χ1) is 9.51. The fourth-order valence-corrected chi connectivity index (χ4v) is 1.88. The number of hydrogen-bond donors (Lipinski definition) is 3. The molecule has 0 spiro atoms. The summed E-state index contributed by atoms with van der Waals surface area (Å²) in [6, 6.07) is 4.92. The second kappa shape index (κ2) is 7.69. The van der Waals surface area contributed by atoms with E-state index in [4.69, 9.17) is 0 Å². The molecule has 6 heteroatoms. The lowest BCUT2D eigenvalue weighted by molar-refractivity contribution is -0.383. The van der Waals surface area contributed by atoms with Gasteiger partial charge in [0.1, 0.15) is 11.4 Å². The van der Waals surface area contributed by atoms with Gasteiger partial charge in [-0.05, 0) is 24.5 Å². The van der Waals surface area contributed by atoms with Gasteiger partial charge in [-0.25, -0.2) is 0 Å². The Hall–Kier alpha value is -1.82. The molecule has 0 heterocycles. The number of aliphatic hydroxyl groups excluding tert-OH is 1. The molecule has 0 fully saturated rings. The van der Waals surface area contributed by atoms with Crippen LogP contribution in [0.25, 0.3) is 0 Å². The van der Waals surface area contributed by atoms with Crippen LogP contribution in [0.5, 0.6) is 0 Å². The zero-order valence-electron chi connectivity index (χ0n) is 12.2. The van der Waals surface area contributed by atoms with Gasteiger partial charge in [-0.1, -0.05) is 26.8 Å². The lowest BCUT2D eigenvalue weighted by Crippen LogP contribution is -2.29. The second-order valence-corrected chi connectivity index (χ2v) is 5.06. The smallest absolute Gasteiger partial charge is 0.315 e. The minimum absolute atomic E-state index is 0.0278. The van der Waals surface area contributed by atoms with Gasteiger partial charge in [-0.2, -0.15) is 0 Å². The van der Waals surface area contributed by atoms with Gasteiger partial charge in [0.15, 0.2) is 0 Å². The molecule has 0 aliphatic rings. The maximum atomic E-state index is 11.3. The van der Waals surface area contributed by atoms with Gasteiger partial charge in [0.2, 0.25) is 0 Å². The van der Waals surface area contributed by atoms with Crippen molar-refractivity contribution in [3.8, 4) is 0 Å². The third kappa shape index (κ3) is 4.09. The van der Waals surface area contributed by atoms with Crippen LogP contribution in [0.1, 0.15) is 27.2 Å². The molecular weight excluding hydrogens is 258 g/mol. The van der Waals surface area contributed by atoms with Crippen LogP contribution < -0.4 is 10.6 Å². The van der Waals surface area contributed by atoms with Gasteiger partial charge in [-0.15, -0.1) is 0 Å². The van der Waals surface area contributed by atoms with Crippen molar-refractivity contribution in [1.29, 1.82) is 0 Å². The summed E-state index contributed by atoms with van der Waals surface area (Å²) >= 11 is 0. The molecule has 20 heavy (non-hydrogen) atoms. The average molecular weight is 281 g/mol. The molecule has 1 rings (SSSR count). The molecule has 3 N–H and O–H groups in total. The largest absolute Gasteiger partial charge is 0.394 e. The van der Waals surface area contributed by atoms with Crippen LogP contribution in [0.3, 0.4) is 0 Å². The number of nitro benzene ring substituents is 1. The van der Waals surface area contributed by atoms with Crippen LogP contribution in [-0.2, 0) is 0 Å². The summed E-state index contributed by atoms with van der Waals surface area (Å²) in [6.07, 6.45) is 0.889. The molecule has 0 aliphatic heterocycles. The molecule has 0 aromatic heterocycles. The van der Waals surface area contributed by atoms with E-state index in [0.29, 0.717) is 17.9 Å². The molecule has 0 bridgehead atoms. The number of nitro groups is 1.